The van der Waals surface area contributed by atoms with Gasteiger partial charge in [0.15, 0.2) is 0 Å². The Morgan fingerprint density at radius 2 is 0.860 bits per heavy atom. The minimum Gasteiger partial charge on any atom is -0.0619 e. The van der Waals surface area contributed by atoms with Crippen LogP contribution in [0.3, 0.4) is 0 Å². The van der Waals surface area contributed by atoms with Crippen molar-refractivity contribution in [3.8, 4) is 22.3 Å². The first-order valence-corrected chi connectivity index (χ1v) is 15.1. The van der Waals surface area contributed by atoms with Crippen LogP contribution in [-0.4, -0.2) is 0 Å². The van der Waals surface area contributed by atoms with E-state index in [1.165, 1.54) is 87.6 Å². The maximum Gasteiger partial charge on any atom is -0.00137 e. The minimum atomic E-state index is 0.970. The third-order valence-electron chi connectivity index (χ3n) is 9.24. The van der Waals surface area contributed by atoms with E-state index in [2.05, 4.69) is 158 Å². The number of benzene rings is 8. The molecule has 0 nitrogen and oxygen atoms in total. The van der Waals surface area contributed by atoms with E-state index in [-0.39, 0.29) is 0 Å². The highest BCUT2D eigenvalue weighted by Gasteiger charge is 2.20. The third kappa shape index (κ3) is 3.91. The Hall–Kier alpha value is -5.46. The summed E-state index contributed by atoms with van der Waals surface area (Å²) in [6.07, 6.45) is 3.34. The number of hydrogen-bond acceptors (Lipinski definition) is 0. The van der Waals surface area contributed by atoms with Crippen molar-refractivity contribution in [3.63, 3.8) is 0 Å². The Kier molecular flexibility index (Phi) is 5.36. The lowest BCUT2D eigenvalue weighted by Gasteiger charge is -2.19. The van der Waals surface area contributed by atoms with E-state index < -0.39 is 0 Å². The fourth-order valence-electron chi connectivity index (χ4n) is 7.16. The summed E-state index contributed by atoms with van der Waals surface area (Å²) in [7, 11) is 0. The van der Waals surface area contributed by atoms with Crippen LogP contribution in [0.2, 0.25) is 0 Å². The largest absolute Gasteiger partial charge is 0.0619 e. The summed E-state index contributed by atoms with van der Waals surface area (Å²) in [5.41, 5.74) is 10.5. The van der Waals surface area contributed by atoms with Gasteiger partial charge in [-0.05, 0) is 112 Å². The topological polar surface area (TPSA) is 0 Å². The zero-order valence-corrected chi connectivity index (χ0v) is 23.7. The molecule has 8 aromatic carbocycles. The molecule has 9 rings (SSSR count). The fraction of sp³-hybridized carbons (Fsp3) is 0.0233. The first-order chi connectivity index (χ1) is 21.3. The lowest BCUT2D eigenvalue weighted by atomic mass is 9.84. The molecule has 0 saturated heterocycles. The van der Waals surface area contributed by atoms with Gasteiger partial charge in [0.25, 0.3) is 0 Å². The van der Waals surface area contributed by atoms with Crippen LogP contribution in [0, 0.1) is 0 Å². The zero-order chi connectivity index (χ0) is 28.3. The molecule has 0 saturated carbocycles. The van der Waals surface area contributed by atoms with E-state index >= 15 is 0 Å². The maximum atomic E-state index is 2.45. The predicted octanol–water partition coefficient (Wildman–Crippen LogP) is 11.7. The van der Waals surface area contributed by atoms with Crippen molar-refractivity contribution in [3.05, 3.63) is 168 Å². The molecule has 0 spiro atoms. The SMILES string of the molecule is C1=C(c2ccc3c(-c4ccc5ccccc5c4)c4ccccc4c(-c4ccc5ccccc5c4)c3c2)Cc2ccccc21. The summed E-state index contributed by atoms with van der Waals surface area (Å²) in [4.78, 5) is 0. The second kappa shape index (κ2) is 9.54. The van der Waals surface area contributed by atoms with Gasteiger partial charge >= 0.3 is 0 Å². The molecule has 200 valence electrons. The molecule has 0 fully saturated rings. The maximum absolute atomic E-state index is 2.45. The van der Waals surface area contributed by atoms with Gasteiger partial charge in [0.05, 0.1) is 0 Å². The smallest absolute Gasteiger partial charge is 0.00137 e. The lowest BCUT2D eigenvalue weighted by Crippen LogP contribution is -1.93. The summed E-state index contributed by atoms with van der Waals surface area (Å²) >= 11 is 0. The average Bonchev–Trinajstić information content (AvgIpc) is 3.51. The molecule has 0 radical (unpaired) electrons. The monoisotopic (exact) mass is 544 g/mol. The van der Waals surface area contributed by atoms with Crippen LogP contribution in [0.15, 0.2) is 152 Å². The molecule has 0 heteroatoms. The van der Waals surface area contributed by atoms with E-state index in [0.717, 1.165) is 6.42 Å². The third-order valence-corrected chi connectivity index (χ3v) is 9.24. The molecule has 8 aromatic rings. The second-order valence-corrected chi connectivity index (χ2v) is 11.7. The van der Waals surface area contributed by atoms with Gasteiger partial charge in [-0.15, -0.1) is 0 Å². The molecule has 0 N–H and O–H groups in total. The standard InChI is InChI=1S/C43H28/c1-3-11-30-23-35(19-17-28(30)9-1)42-38-15-7-8-16-39(38)43(36-20-18-29-10-2-4-12-31(29)24-36)41-27-34(21-22-40(41)42)37-25-32-13-5-6-14-33(32)26-37/h1-25,27H,26H2. The molecule has 43 heavy (non-hydrogen) atoms. The minimum absolute atomic E-state index is 0.970. The Balaban J connectivity index is 1.37. The quantitative estimate of drug-likeness (QED) is 0.194. The van der Waals surface area contributed by atoms with Crippen LogP contribution in [0.5, 0.6) is 0 Å². The molecule has 0 atom stereocenters. The van der Waals surface area contributed by atoms with Crippen molar-refractivity contribution < 1.29 is 0 Å². The van der Waals surface area contributed by atoms with Crippen molar-refractivity contribution in [1.82, 2.24) is 0 Å². The van der Waals surface area contributed by atoms with E-state index in [0.29, 0.717) is 0 Å². The van der Waals surface area contributed by atoms with E-state index in [1.807, 2.05) is 0 Å². The summed E-state index contributed by atoms with van der Waals surface area (Å²) in [6, 6.07) is 56.1. The van der Waals surface area contributed by atoms with Crippen LogP contribution in [-0.2, 0) is 6.42 Å². The van der Waals surface area contributed by atoms with Gasteiger partial charge in [0.1, 0.15) is 0 Å². The van der Waals surface area contributed by atoms with Crippen molar-refractivity contribution in [2.75, 3.05) is 0 Å². The van der Waals surface area contributed by atoms with Gasteiger partial charge < -0.3 is 0 Å². The number of allylic oxidation sites excluding steroid dienone is 1. The molecule has 0 aromatic heterocycles. The van der Waals surface area contributed by atoms with Gasteiger partial charge in [0, 0.05) is 0 Å². The highest BCUT2D eigenvalue weighted by molar-refractivity contribution is 6.22. The highest BCUT2D eigenvalue weighted by Crippen LogP contribution is 2.46. The van der Waals surface area contributed by atoms with Crippen molar-refractivity contribution >= 4 is 54.7 Å². The van der Waals surface area contributed by atoms with Crippen LogP contribution in [0.4, 0.5) is 0 Å². The van der Waals surface area contributed by atoms with Gasteiger partial charge in [-0.2, -0.15) is 0 Å². The molecule has 0 unspecified atom stereocenters. The van der Waals surface area contributed by atoms with E-state index in [4.69, 9.17) is 0 Å². The Bertz CT molecular complexity index is 2420. The summed E-state index contributed by atoms with van der Waals surface area (Å²) in [5, 5.41) is 10.2. The van der Waals surface area contributed by atoms with Gasteiger partial charge in [-0.3, -0.25) is 0 Å². The molecule has 1 aliphatic rings. The summed E-state index contributed by atoms with van der Waals surface area (Å²) in [5.74, 6) is 0. The molecule has 0 bridgehead atoms. The van der Waals surface area contributed by atoms with E-state index in [9.17, 15) is 0 Å². The Labute approximate surface area is 251 Å². The molecular weight excluding hydrogens is 516 g/mol. The van der Waals surface area contributed by atoms with Gasteiger partial charge in [-0.25, -0.2) is 0 Å². The van der Waals surface area contributed by atoms with Crippen LogP contribution in [0.1, 0.15) is 16.7 Å². The first kappa shape index (κ1) is 24.2. The second-order valence-electron chi connectivity index (χ2n) is 11.7. The molecule has 0 amide bonds. The Morgan fingerprint density at radius 3 is 1.51 bits per heavy atom. The molecular formula is C43H28. The first-order valence-electron chi connectivity index (χ1n) is 15.1. The predicted molar refractivity (Wildman–Crippen MR) is 185 cm³/mol. The number of fused-ring (bicyclic) bond motifs is 5. The van der Waals surface area contributed by atoms with Crippen molar-refractivity contribution in [2.24, 2.45) is 0 Å². The molecule has 1 aliphatic carbocycles. The van der Waals surface area contributed by atoms with E-state index in [1.54, 1.807) is 0 Å². The number of hydrogen-bond donors (Lipinski definition) is 0. The van der Waals surface area contributed by atoms with Crippen LogP contribution >= 0.6 is 0 Å². The molecule has 0 aliphatic heterocycles. The normalized spacial score (nSPS) is 12.7. The molecule has 0 heterocycles. The van der Waals surface area contributed by atoms with Gasteiger partial charge in [-0.1, -0.05) is 140 Å². The van der Waals surface area contributed by atoms with Crippen LogP contribution < -0.4 is 0 Å². The average molecular weight is 545 g/mol. The van der Waals surface area contributed by atoms with Crippen molar-refractivity contribution in [1.29, 1.82) is 0 Å². The Morgan fingerprint density at radius 1 is 0.349 bits per heavy atom. The lowest BCUT2D eigenvalue weighted by molar-refractivity contribution is 1.32. The van der Waals surface area contributed by atoms with Crippen LogP contribution in [0.25, 0.3) is 77.0 Å². The number of rotatable bonds is 3. The highest BCUT2D eigenvalue weighted by atomic mass is 14.2. The summed E-state index contributed by atoms with van der Waals surface area (Å²) in [6.45, 7) is 0. The zero-order valence-electron chi connectivity index (χ0n) is 23.7. The summed E-state index contributed by atoms with van der Waals surface area (Å²) < 4.78 is 0. The van der Waals surface area contributed by atoms with Gasteiger partial charge in [0.2, 0.25) is 0 Å². The fourth-order valence-corrected chi connectivity index (χ4v) is 7.16. The van der Waals surface area contributed by atoms with Crippen molar-refractivity contribution in [2.45, 2.75) is 6.42 Å².